The first-order chi connectivity index (χ1) is 16.8. The summed E-state index contributed by atoms with van der Waals surface area (Å²) in [6.45, 7) is 9.49. The average Bonchev–Trinajstić information content (AvgIpc) is 3.49. The lowest BCUT2D eigenvalue weighted by Gasteiger charge is -2.31. The second-order valence-electron chi connectivity index (χ2n) is 9.79. The molecule has 2 aliphatic rings. The van der Waals surface area contributed by atoms with E-state index >= 15 is 0 Å². The third-order valence-corrected chi connectivity index (χ3v) is 6.69. The molecular formula is C26H31N5O4. The summed E-state index contributed by atoms with van der Waals surface area (Å²) in [5.74, 6) is 1.27. The molecule has 2 amide bonds. The Bertz CT molecular complexity index is 1270. The lowest BCUT2D eigenvalue weighted by Crippen LogP contribution is -2.41. The van der Waals surface area contributed by atoms with Gasteiger partial charge >= 0.3 is 0 Å². The van der Waals surface area contributed by atoms with Crippen molar-refractivity contribution in [2.45, 2.75) is 52.5 Å². The molecule has 0 saturated carbocycles. The van der Waals surface area contributed by atoms with Crippen molar-refractivity contribution in [3.63, 3.8) is 0 Å². The molecule has 2 aromatic heterocycles. The number of nitrogens with one attached hydrogen (secondary N) is 1. The van der Waals surface area contributed by atoms with E-state index in [0.717, 1.165) is 16.7 Å². The summed E-state index contributed by atoms with van der Waals surface area (Å²) in [5.41, 5.74) is 2.93. The summed E-state index contributed by atoms with van der Waals surface area (Å²) in [7, 11) is 0. The molecule has 4 heterocycles. The number of piperidine rings is 1. The summed E-state index contributed by atoms with van der Waals surface area (Å²) in [6.07, 6.45) is 2.96. The molecule has 1 saturated heterocycles. The summed E-state index contributed by atoms with van der Waals surface area (Å²) >= 11 is 0. The van der Waals surface area contributed by atoms with Gasteiger partial charge in [-0.1, -0.05) is 13.8 Å². The molecule has 0 spiro atoms. The van der Waals surface area contributed by atoms with Crippen LogP contribution in [0, 0.1) is 5.92 Å². The smallest absolute Gasteiger partial charge is 0.254 e. The largest absolute Gasteiger partial charge is 0.454 e. The lowest BCUT2D eigenvalue weighted by atomic mass is 9.95. The number of ether oxygens (including phenoxy) is 2. The molecule has 184 valence electrons. The number of carbonyl (C=O) groups is 2. The van der Waals surface area contributed by atoms with Crippen LogP contribution in [-0.4, -0.2) is 51.4 Å². The number of nitrogens with zero attached hydrogens (tertiary/aromatic N) is 4. The number of hydrogen-bond acceptors (Lipinski definition) is 6. The fraction of sp³-hybridized carbons (Fsp3) is 0.462. The van der Waals surface area contributed by atoms with E-state index in [-0.39, 0.29) is 36.5 Å². The van der Waals surface area contributed by atoms with Gasteiger partial charge in [0, 0.05) is 42.5 Å². The van der Waals surface area contributed by atoms with Crippen LogP contribution in [0.1, 0.15) is 68.5 Å². The van der Waals surface area contributed by atoms with Crippen molar-refractivity contribution < 1.29 is 19.1 Å². The first kappa shape index (κ1) is 23.1. The van der Waals surface area contributed by atoms with Crippen LogP contribution in [0.2, 0.25) is 0 Å². The Hall–Kier alpha value is -3.62. The van der Waals surface area contributed by atoms with Crippen molar-refractivity contribution in [2.75, 3.05) is 25.2 Å². The number of hydrogen-bond donors (Lipinski definition) is 1. The summed E-state index contributed by atoms with van der Waals surface area (Å²) < 4.78 is 12.6. The number of benzene rings is 1. The van der Waals surface area contributed by atoms with Gasteiger partial charge in [-0.3, -0.25) is 9.59 Å². The quantitative estimate of drug-likeness (QED) is 0.586. The van der Waals surface area contributed by atoms with Crippen LogP contribution in [0.4, 0.5) is 5.69 Å². The molecule has 3 aromatic rings. The van der Waals surface area contributed by atoms with E-state index in [2.05, 4.69) is 38.1 Å². The predicted molar refractivity (Wildman–Crippen MR) is 132 cm³/mol. The highest BCUT2D eigenvalue weighted by Crippen LogP contribution is 2.34. The van der Waals surface area contributed by atoms with E-state index < -0.39 is 0 Å². The third-order valence-electron chi connectivity index (χ3n) is 6.69. The number of carbonyl (C=O) groups excluding carboxylic acids is 2. The summed E-state index contributed by atoms with van der Waals surface area (Å²) in [6, 6.07) is 7.42. The Balaban J connectivity index is 1.29. The normalized spacial score (nSPS) is 15.9. The SMILES string of the molecule is CC(C)c1cc(C(=O)N2CCC(C(=O)Nc3ccc4c(c3)OCO4)CC2)c2cnn(C(C)C)c2n1. The van der Waals surface area contributed by atoms with Crippen molar-refractivity contribution >= 4 is 28.5 Å². The molecule has 2 aliphatic heterocycles. The highest BCUT2D eigenvalue weighted by Gasteiger charge is 2.30. The van der Waals surface area contributed by atoms with Crippen LogP contribution in [0.15, 0.2) is 30.5 Å². The minimum atomic E-state index is -0.156. The second-order valence-corrected chi connectivity index (χ2v) is 9.79. The van der Waals surface area contributed by atoms with Crippen LogP contribution < -0.4 is 14.8 Å². The zero-order chi connectivity index (χ0) is 24.7. The molecule has 0 aliphatic carbocycles. The Morgan fingerprint density at radius 1 is 1.06 bits per heavy atom. The molecule has 9 nitrogen and oxygen atoms in total. The van der Waals surface area contributed by atoms with Gasteiger partial charge in [0.1, 0.15) is 0 Å². The van der Waals surface area contributed by atoms with Gasteiger partial charge in [-0.15, -0.1) is 0 Å². The Morgan fingerprint density at radius 3 is 2.51 bits per heavy atom. The average molecular weight is 478 g/mol. The minimum Gasteiger partial charge on any atom is -0.454 e. The molecule has 35 heavy (non-hydrogen) atoms. The van der Waals surface area contributed by atoms with Crippen molar-refractivity contribution in [3.8, 4) is 11.5 Å². The van der Waals surface area contributed by atoms with E-state index in [1.54, 1.807) is 18.3 Å². The van der Waals surface area contributed by atoms with E-state index in [0.29, 0.717) is 48.7 Å². The van der Waals surface area contributed by atoms with Gasteiger partial charge in [-0.2, -0.15) is 5.10 Å². The van der Waals surface area contributed by atoms with Gasteiger partial charge in [-0.05, 0) is 50.8 Å². The second kappa shape index (κ2) is 9.20. The van der Waals surface area contributed by atoms with Gasteiger partial charge < -0.3 is 19.7 Å². The van der Waals surface area contributed by atoms with Crippen LogP contribution >= 0.6 is 0 Å². The van der Waals surface area contributed by atoms with E-state index in [9.17, 15) is 9.59 Å². The molecular weight excluding hydrogens is 446 g/mol. The van der Waals surface area contributed by atoms with Crippen molar-refractivity contribution in [3.05, 3.63) is 41.7 Å². The topological polar surface area (TPSA) is 98.6 Å². The summed E-state index contributed by atoms with van der Waals surface area (Å²) in [4.78, 5) is 33.1. The number of anilines is 1. The number of fused-ring (bicyclic) bond motifs is 2. The zero-order valence-electron chi connectivity index (χ0n) is 20.6. The van der Waals surface area contributed by atoms with Crippen molar-refractivity contribution in [2.24, 2.45) is 5.92 Å². The maximum absolute atomic E-state index is 13.6. The number of pyridine rings is 1. The van der Waals surface area contributed by atoms with Gasteiger partial charge in [0.25, 0.3) is 5.91 Å². The Kier molecular flexibility index (Phi) is 6.08. The maximum Gasteiger partial charge on any atom is 0.254 e. The fourth-order valence-electron chi connectivity index (χ4n) is 4.62. The lowest BCUT2D eigenvalue weighted by molar-refractivity contribution is -0.121. The molecule has 1 fully saturated rings. The molecule has 5 rings (SSSR count). The maximum atomic E-state index is 13.6. The van der Waals surface area contributed by atoms with E-state index in [4.69, 9.17) is 14.5 Å². The van der Waals surface area contributed by atoms with Gasteiger partial charge in [0.15, 0.2) is 17.1 Å². The van der Waals surface area contributed by atoms with Crippen molar-refractivity contribution in [1.82, 2.24) is 19.7 Å². The van der Waals surface area contributed by atoms with Crippen LogP contribution in [-0.2, 0) is 4.79 Å². The highest BCUT2D eigenvalue weighted by molar-refractivity contribution is 6.05. The van der Waals surface area contributed by atoms with Gasteiger partial charge in [-0.25, -0.2) is 9.67 Å². The van der Waals surface area contributed by atoms with Crippen molar-refractivity contribution in [1.29, 1.82) is 0 Å². The van der Waals surface area contributed by atoms with Gasteiger partial charge in [0.05, 0.1) is 17.1 Å². The van der Waals surface area contributed by atoms with E-state index in [1.807, 2.05) is 21.7 Å². The first-order valence-electron chi connectivity index (χ1n) is 12.2. The summed E-state index contributed by atoms with van der Waals surface area (Å²) in [5, 5.41) is 8.25. The molecule has 0 bridgehead atoms. The number of rotatable bonds is 5. The van der Waals surface area contributed by atoms with Crippen LogP contribution in [0.5, 0.6) is 11.5 Å². The monoisotopic (exact) mass is 477 g/mol. The van der Waals surface area contributed by atoms with Crippen LogP contribution in [0.25, 0.3) is 11.0 Å². The number of aromatic nitrogens is 3. The molecule has 0 radical (unpaired) electrons. The Morgan fingerprint density at radius 2 is 1.80 bits per heavy atom. The predicted octanol–water partition coefficient (Wildman–Crippen LogP) is 4.36. The van der Waals surface area contributed by atoms with E-state index in [1.165, 1.54) is 0 Å². The minimum absolute atomic E-state index is 0.0303. The molecule has 0 unspecified atom stereocenters. The number of likely N-dealkylation sites (tertiary alicyclic amines) is 1. The van der Waals surface area contributed by atoms with Crippen LogP contribution in [0.3, 0.4) is 0 Å². The molecule has 1 N–H and O–H groups in total. The third kappa shape index (κ3) is 4.42. The molecule has 9 heteroatoms. The fourth-order valence-corrected chi connectivity index (χ4v) is 4.62. The van der Waals surface area contributed by atoms with Gasteiger partial charge in [0.2, 0.25) is 12.7 Å². The number of amides is 2. The molecule has 0 atom stereocenters. The Labute approximate surface area is 204 Å². The highest BCUT2D eigenvalue weighted by atomic mass is 16.7. The molecule has 1 aromatic carbocycles. The first-order valence-corrected chi connectivity index (χ1v) is 12.2. The zero-order valence-corrected chi connectivity index (χ0v) is 20.6. The standard InChI is InChI=1S/C26H31N5O4/c1-15(2)21-12-19(20-13-27-31(16(3)4)24(20)29-21)26(33)30-9-7-17(8-10-30)25(32)28-18-5-6-22-23(11-18)35-14-34-22/h5-6,11-13,15-17H,7-10,14H2,1-4H3,(H,28,32).